The molecule has 0 saturated heterocycles. The molecule has 18 heavy (non-hydrogen) atoms. The first kappa shape index (κ1) is 12.8. The number of ether oxygens (including phenoxy) is 1. The van der Waals surface area contributed by atoms with Crippen molar-refractivity contribution >= 4 is 11.1 Å². The van der Waals surface area contributed by atoms with Crippen molar-refractivity contribution in [3.8, 4) is 5.75 Å². The first-order valence-electron chi connectivity index (χ1n) is 5.32. The summed E-state index contributed by atoms with van der Waals surface area (Å²) >= 11 is -2.21. The molecule has 1 aromatic heterocycles. The Kier molecular flexibility index (Phi) is 3.78. The van der Waals surface area contributed by atoms with E-state index in [1.807, 2.05) is 13.8 Å². The fraction of sp³-hybridized carbons (Fsp3) is 0.250. The highest BCUT2D eigenvalue weighted by Gasteiger charge is 2.09. The lowest BCUT2D eigenvalue weighted by atomic mass is 10.2. The minimum atomic E-state index is -2.21. The van der Waals surface area contributed by atoms with E-state index in [0.29, 0.717) is 12.4 Å². The molecule has 6 heteroatoms. The van der Waals surface area contributed by atoms with E-state index < -0.39 is 11.1 Å². The summed E-state index contributed by atoms with van der Waals surface area (Å²) in [5.74, 6) is 1.33. The summed E-state index contributed by atoms with van der Waals surface area (Å²) in [5.41, 5.74) is 1.70. The van der Waals surface area contributed by atoms with Crippen LogP contribution in [0.4, 0.5) is 0 Å². The molecule has 2 rings (SSSR count). The zero-order chi connectivity index (χ0) is 13.1. The van der Waals surface area contributed by atoms with E-state index in [-0.39, 0.29) is 4.90 Å². The average Bonchev–Trinajstić information content (AvgIpc) is 2.67. The van der Waals surface area contributed by atoms with E-state index in [2.05, 4.69) is 5.16 Å². The maximum Gasteiger partial charge on any atom is 0.140 e. The Hall–Kier alpha value is -1.66. The number of nitrogens with zero attached hydrogens (tertiary/aromatic N) is 1. The SMILES string of the molecule is Cc1noc(C)c1COc1ccc(S(=O)[O-])cc1. The van der Waals surface area contributed by atoms with E-state index in [9.17, 15) is 8.76 Å². The Morgan fingerprint density at radius 1 is 1.33 bits per heavy atom. The lowest BCUT2D eigenvalue weighted by Gasteiger charge is -2.08. The molecule has 0 aliphatic heterocycles. The van der Waals surface area contributed by atoms with Gasteiger partial charge in [0.15, 0.2) is 0 Å². The van der Waals surface area contributed by atoms with Crippen LogP contribution >= 0.6 is 0 Å². The second kappa shape index (κ2) is 5.32. The van der Waals surface area contributed by atoms with Crippen LogP contribution in [-0.4, -0.2) is 13.9 Å². The first-order chi connectivity index (χ1) is 8.58. The summed E-state index contributed by atoms with van der Waals surface area (Å²) in [6.07, 6.45) is 0. The molecule has 0 fully saturated rings. The number of aromatic nitrogens is 1. The number of rotatable bonds is 4. The van der Waals surface area contributed by atoms with Gasteiger partial charge < -0.3 is 13.8 Å². The number of hydrogen-bond acceptors (Lipinski definition) is 5. The summed E-state index contributed by atoms with van der Waals surface area (Å²) < 4.78 is 31.9. The van der Waals surface area contributed by atoms with Gasteiger partial charge >= 0.3 is 0 Å². The van der Waals surface area contributed by atoms with Crippen LogP contribution in [-0.2, 0) is 17.7 Å². The number of benzene rings is 1. The molecule has 96 valence electrons. The van der Waals surface area contributed by atoms with Crippen molar-refractivity contribution in [2.75, 3.05) is 0 Å². The standard InChI is InChI=1S/C12H13NO4S/c1-8-12(9(2)17-13-8)7-16-10-3-5-11(6-4-10)18(14)15/h3-6H,7H2,1-2H3,(H,14,15)/p-1. The molecular formula is C12H12NO4S-. The van der Waals surface area contributed by atoms with Crippen molar-refractivity contribution in [1.29, 1.82) is 0 Å². The summed E-state index contributed by atoms with van der Waals surface area (Å²) in [5, 5.41) is 3.83. The van der Waals surface area contributed by atoms with Gasteiger partial charge in [-0.25, -0.2) is 0 Å². The van der Waals surface area contributed by atoms with Crippen molar-refractivity contribution in [3.05, 3.63) is 41.3 Å². The Labute approximate surface area is 107 Å². The Morgan fingerprint density at radius 3 is 2.50 bits per heavy atom. The van der Waals surface area contributed by atoms with Crippen LogP contribution in [0, 0.1) is 13.8 Å². The van der Waals surface area contributed by atoms with E-state index >= 15 is 0 Å². The normalized spacial score (nSPS) is 12.4. The topological polar surface area (TPSA) is 75.4 Å². The maximum absolute atomic E-state index is 10.7. The molecule has 0 amide bonds. The van der Waals surface area contributed by atoms with E-state index in [0.717, 1.165) is 17.0 Å². The molecule has 0 bridgehead atoms. The third-order valence-electron chi connectivity index (χ3n) is 2.58. The minimum absolute atomic E-state index is 0.236. The van der Waals surface area contributed by atoms with Gasteiger partial charge in [0, 0.05) is 4.90 Å². The van der Waals surface area contributed by atoms with Crippen molar-refractivity contribution in [1.82, 2.24) is 5.16 Å². The van der Waals surface area contributed by atoms with Gasteiger partial charge in [0.25, 0.3) is 0 Å². The molecule has 2 aromatic rings. The molecule has 1 atom stereocenters. The van der Waals surface area contributed by atoms with Crippen molar-refractivity contribution in [2.24, 2.45) is 0 Å². The lowest BCUT2D eigenvalue weighted by Crippen LogP contribution is -1.98. The Balaban J connectivity index is 2.04. The van der Waals surface area contributed by atoms with Gasteiger partial charge in [-0.15, -0.1) is 0 Å². The van der Waals surface area contributed by atoms with Gasteiger partial charge in [0.1, 0.15) is 18.1 Å². The van der Waals surface area contributed by atoms with Crippen molar-refractivity contribution < 1.29 is 18.0 Å². The van der Waals surface area contributed by atoms with Crippen LogP contribution in [0.25, 0.3) is 0 Å². The lowest BCUT2D eigenvalue weighted by molar-refractivity contribution is 0.301. The fourth-order valence-electron chi connectivity index (χ4n) is 1.51. The highest BCUT2D eigenvalue weighted by atomic mass is 32.2. The second-order valence-corrected chi connectivity index (χ2v) is 4.74. The smallest absolute Gasteiger partial charge is 0.140 e. The molecular weight excluding hydrogens is 254 g/mol. The fourth-order valence-corrected chi connectivity index (χ4v) is 1.87. The second-order valence-electron chi connectivity index (χ2n) is 3.80. The molecule has 0 radical (unpaired) electrons. The van der Waals surface area contributed by atoms with Gasteiger partial charge in [0.2, 0.25) is 0 Å². The highest BCUT2D eigenvalue weighted by Crippen LogP contribution is 2.18. The molecule has 0 aliphatic carbocycles. The Morgan fingerprint density at radius 2 is 2.00 bits per heavy atom. The number of hydrogen-bond donors (Lipinski definition) is 0. The monoisotopic (exact) mass is 266 g/mol. The summed E-state index contributed by atoms with van der Waals surface area (Å²) in [6, 6.07) is 6.21. The maximum atomic E-state index is 10.7. The van der Waals surface area contributed by atoms with Gasteiger partial charge in [-0.2, -0.15) is 0 Å². The molecule has 0 saturated carbocycles. The predicted octanol–water partition coefficient (Wildman–Crippen LogP) is 2.11. The zero-order valence-electron chi connectivity index (χ0n) is 10.0. The van der Waals surface area contributed by atoms with E-state index in [4.69, 9.17) is 9.26 Å². The molecule has 0 aliphatic rings. The molecule has 1 unspecified atom stereocenters. The molecule has 0 spiro atoms. The van der Waals surface area contributed by atoms with E-state index in [1.165, 1.54) is 12.1 Å². The van der Waals surface area contributed by atoms with Crippen LogP contribution in [0.15, 0.2) is 33.7 Å². The van der Waals surface area contributed by atoms with Crippen LogP contribution in [0.3, 0.4) is 0 Å². The van der Waals surface area contributed by atoms with Gasteiger partial charge in [-0.1, -0.05) is 5.16 Å². The quantitative estimate of drug-likeness (QED) is 0.792. The molecule has 0 N–H and O–H groups in total. The summed E-state index contributed by atoms with van der Waals surface area (Å²) in [7, 11) is 0. The highest BCUT2D eigenvalue weighted by molar-refractivity contribution is 7.79. The molecule has 5 nitrogen and oxygen atoms in total. The third kappa shape index (κ3) is 2.77. The van der Waals surface area contributed by atoms with Gasteiger partial charge in [-0.3, -0.25) is 4.21 Å². The zero-order valence-corrected chi connectivity index (χ0v) is 10.8. The summed E-state index contributed by atoms with van der Waals surface area (Å²) in [6.45, 7) is 4.02. The van der Waals surface area contributed by atoms with Crippen LogP contribution in [0.5, 0.6) is 5.75 Å². The average molecular weight is 266 g/mol. The van der Waals surface area contributed by atoms with Gasteiger partial charge in [0.05, 0.1) is 11.3 Å². The molecule has 1 heterocycles. The minimum Gasteiger partial charge on any atom is -0.768 e. The van der Waals surface area contributed by atoms with Crippen LogP contribution in [0.2, 0.25) is 0 Å². The largest absolute Gasteiger partial charge is 0.768 e. The molecule has 1 aromatic carbocycles. The van der Waals surface area contributed by atoms with Crippen LogP contribution in [0.1, 0.15) is 17.0 Å². The summed E-state index contributed by atoms with van der Waals surface area (Å²) in [4.78, 5) is 0.236. The first-order valence-corrected chi connectivity index (χ1v) is 6.39. The van der Waals surface area contributed by atoms with Crippen LogP contribution < -0.4 is 4.74 Å². The Bertz CT molecular complexity index is 542. The van der Waals surface area contributed by atoms with E-state index in [1.54, 1.807) is 12.1 Å². The van der Waals surface area contributed by atoms with Crippen molar-refractivity contribution in [2.45, 2.75) is 25.3 Å². The third-order valence-corrected chi connectivity index (χ3v) is 3.24. The van der Waals surface area contributed by atoms with Gasteiger partial charge in [-0.05, 0) is 49.2 Å². The predicted molar refractivity (Wildman–Crippen MR) is 63.9 cm³/mol. The number of aryl methyl sites for hydroxylation is 2. The van der Waals surface area contributed by atoms with Crippen molar-refractivity contribution in [3.63, 3.8) is 0 Å².